The van der Waals surface area contributed by atoms with Crippen LogP contribution in [-0.2, 0) is 0 Å². The fraction of sp³-hybridized carbons (Fsp3) is 0.143. The van der Waals surface area contributed by atoms with Gasteiger partial charge in [0.1, 0.15) is 17.3 Å². The van der Waals surface area contributed by atoms with E-state index in [4.69, 9.17) is 9.84 Å². The molecule has 0 aliphatic heterocycles. The number of aromatic nitrogens is 5. The van der Waals surface area contributed by atoms with Crippen LogP contribution in [0.2, 0.25) is 0 Å². The van der Waals surface area contributed by atoms with Crippen molar-refractivity contribution in [3.05, 3.63) is 66.7 Å². The van der Waals surface area contributed by atoms with Gasteiger partial charge in [-0.1, -0.05) is 18.2 Å². The number of benzene rings is 1. The molecule has 0 atom stereocenters. The molecule has 8 nitrogen and oxygen atoms in total. The van der Waals surface area contributed by atoms with Gasteiger partial charge in [0.05, 0.1) is 35.8 Å². The van der Waals surface area contributed by atoms with Gasteiger partial charge in [-0.15, -0.1) is 0 Å². The summed E-state index contributed by atoms with van der Waals surface area (Å²) in [6.07, 6.45) is 9.21. The minimum absolute atomic E-state index is 0.399. The number of rotatable bonds is 6. The largest absolute Gasteiger partial charge is 0.453 e. The van der Waals surface area contributed by atoms with E-state index in [1.807, 2.05) is 29.1 Å². The molecule has 0 saturated heterocycles. The number of nitrogens with zero attached hydrogens (tertiary/aromatic N) is 5. The maximum Gasteiger partial charge on any atom is 0.173 e. The molecule has 142 valence electrons. The Morgan fingerprint density at radius 3 is 2.93 bits per heavy atom. The van der Waals surface area contributed by atoms with E-state index in [1.165, 1.54) is 0 Å². The second kappa shape index (κ2) is 7.13. The van der Waals surface area contributed by atoms with Crippen LogP contribution in [0.15, 0.2) is 61.2 Å². The van der Waals surface area contributed by atoms with Crippen molar-refractivity contribution < 1.29 is 4.74 Å². The fourth-order valence-corrected chi connectivity index (χ4v) is 3.09. The zero-order valence-corrected chi connectivity index (χ0v) is 15.4. The molecule has 0 unspecified atom stereocenters. The molecule has 3 aromatic heterocycles. The average molecular weight is 383 g/mol. The topological polar surface area (TPSA) is 104 Å². The molecular formula is C21H17N7O. The van der Waals surface area contributed by atoms with Crippen molar-refractivity contribution in [2.75, 3.05) is 5.32 Å². The Morgan fingerprint density at radius 2 is 2.14 bits per heavy atom. The highest BCUT2D eigenvalue weighted by molar-refractivity contribution is 5.72. The van der Waals surface area contributed by atoms with Crippen LogP contribution in [0.5, 0.6) is 11.5 Å². The lowest BCUT2D eigenvalue weighted by molar-refractivity contribution is 0.482. The van der Waals surface area contributed by atoms with Crippen LogP contribution in [-0.4, -0.2) is 25.0 Å². The first-order chi connectivity index (χ1) is 14.3. The number of pyridine rings is 1. The highest BCUT2D eigenvalue weighted by Gasteiger charge is 2.27. The Labute approximate surface area is 166 Å². The standard InChI is InChI=1S/C21H17N7O/c22-10-14-3-1-2-4-18(14)21-19(13-28(27-21)16-5-6-16)29-17-7-8-23-20(9-17)26-15-11-24-25-12-15/h1-4,7-9,11-13,16H,5-6H2,(H,23,26)(H,24,25). The molecule has 0 amide bonds. The molecule has 0 bridgehead atoms. The lowest BCUT2D eigenvalue weighted by atomic mass is 10.1. The smallest absolute Gasteiger partial charge is 0.173 e. The van der Waals surface area contributed by atoms with Crippen LogP contribution < -0.4 is 10.1 Å². The van der Waals surface area contributed by atoms with Crippen molar-refractivity contribution in [3.8, 4) is 28.8 Å². The summed E-state index contributed by atoms with van der Waals surface area (Å²) in [5.41, 5.74) is 2.79. The molecule has 5 rings (SSSR count). The van der Waals surface area contributed by atoms with E-state index in [2.05, 4.69) is 26.6 Å². The van der Waals surface area contributed by atoms with Crippen LogP contribution in [0.4, 0.5) is 11.5 Å². The fourth-order valence-electron chi connectivity index (χ4n) is 3.09. The van der Waals surface area contributed by atoms with Gasteiger partial charge in [-0.3, -0.25) is 9.78 Å². The summed E-state index contributed by atoms with van der Waals surface area (Å²) in [6, 6.07) is 13.7. The predicted molar refractivity (Wildman–Crippen MR) is 107 cm³/mol. The van der Waals surface area contributed by atoms with Crippen LogP contribution >= 0.6 is 0 Å². The van der Waals surface area contributed by atoms with E-state index < -0.39 is 0 Å². The minimum Gasteiger partial charge on any atom is -0.453 e. The summed E-state index contributed by atoms with van der Waals surface area (Å²) in [5, 5.41) is 24.0. The first kappa shape index (κ1) is 17.0. The van der Waals surface area contributed by atoms with Gasteiger partial charge < -0.3 is 10.1 Å². The van der Waals surface area contributed by atoms with Crippen molar-refractivity contribution in [2.45, 2.75) is 18.9 Å². The monoisotopic (exact) mass is 383 g/mol. The first-order valence-electron chi connectivity index (χ1n) is 9.28. The third-order valence-electron chi connectivity index (χ3n) is 4.65. The second-order valence-corrected chi connectivity index (χ2v) is 6.80. The van der Waals surface area contributed by atoms with E-state index in [1.54, 1.807) is 36.8 Å². The molecular weight excluding hydrogens is 366 g/mol. The van der Waals surface area contributed by atoms with Gasteiger partial charge in [-0.05, 0) is 25.0 Å². The molecule has 3 heterocycles. The summed E-state index contributed by atoms with van der Waals surface area (Å²) < 4.78 is 8.12. The summed E-state index contributed by atoms with van der Waals surface area (Å²) >= 11 is 0. The van der Waals surface area contributed by atoms with Crippen molar-refractivity contribution in [3.63, 3.8) is 0 Å². The van der Waals surface area contributed by atoms with Crippen molar-refractivity contribution in [2.24, 2.45) is 0 Å². The maximum absolute atomic E-state index is 9.50. The molecule has 4 aromatic rings. The molecule has 8 heteroatoms. The van der Waals surface area contributed by atoms with Gasteiger partial charge in [0.2, 0.25) is 0 Å². The Kier molecular flexibility index (Phi) is 4.18. The van der Waals surface area contributed by atoms with Crippen LogP contribution in [0.1, 0.15) is 24.4 Å². The van der Waals surface area contributed by atoms with Crippen molar-refractivity contribution in [1.82, 2.24) is 25.0 Å². The summed E-state index contributed by atoms with van der Waals surface area (Å²) in [4.78, 5) is 4.31. The molecule has 0 radical (unpaired) electrons. The Balaban J connectivity index is 1.49. The van der Waals surface area contributed by atoms with Gasteiger partial charge >= 0.3 is 0 Å². The van der Waals surface area contributed by atoms with E-state index in [0.717, 1.165) is 24.1 Å². The van der Waals surface area contributed by atoms with Gasteiger partial charge in [-0.25, -0.2) is 4.98 Å². The number of aromatic amines is 1. The molecule has 1 aliphatic carbocycles. The SMILES string of the molecule is N#Cc1ccccc1-c1nn(C2CC2)cc1Oc1ccnc(Nc2cn[nH]c2)c1. The lowest BCUT2D eigenvalue weighted by Gasteiger charge is -2.08. The number of anilines is 2. The minimum atomic E-state index is 0.399. The summed E-state index contributed by atoms with van der Waals surface area (Å²) in [5.74, 6) is 1.87. The van der Waals surface area contributed by atoms with E-state index in [-0.39, 0.29) is 0 Å². The zero-order valence-electron chi connectivity index (χ0n) is 15.4. The van der Waals surface area contributed by atoms with Gasteiger partial charge in [-0.2, -0.15) is 15.5 Å². The van der Waals surface area contributed by atoms with Gasteiger partial charge in [0, 0.05) is 24.0 Å². The normalized spacial score (nSPS) is 13.1. The Morgan fingerprint density at radius 1 is 1.24 bits per heavy atom. The third kappa shape index (κ3) is 3.53. The maximum atomic E-state index is 9.50. The van der Waals surface area contributed by atoms with Crippen molar-refractivity contribution in [1.29, 1.82) is 5.26 Å². The van der Waals surface area contributed by atoms with E-state index in [0.29, 0.717) is 34.6 Å². The Hall–Kier alpha value is -4.12. The Bertz CT molecular complexity index is 1190. The number of ether oxygens (including phenoxy) is 1. The average Bonchev–Trinajstić information content (AvgIpc) is 3.32. The molecule has 1 aromatic carbocycles. The summed E-state index contributed by atoms with van der Waals surface area (Å²) in [7, 11) is 0. The summed E-state index contributed by atoms with van der Waals surface area (Å²) in [6.45, 7) is 0. The number of nitrogens with one attached hydrogen (secondary N) is 2. The molecule has 29 heavy (non-hydrogen) atoms. The second-order valence-electron chi connectivity index (χ2n) is 6.80. The predicted octanol–water partition coefficient (Wildman–Crippen LogP) is 4.41. The van der Waals surface area contributed by atoms with Crippen molar-refractivity contribution >= 4 is 11.5 Å². The molecule has 1 fully saturated rings. The first-order valence-corrected chi connectivity index (χ1v) is 9.28. The lowest BCUT2D eigenvalue weighted by Crippen LogP contribution is -1.94. The number of hydrogen-bond acceptors (Lipinski definition) is 6. The van der Waals surface area contributed by atoms with Gasteiger partial charge in [0.15, 0.2) is 5.75 Å². The number of hydrogen-bond donors (Lipinski definition) is 2. The molecule has 0 spiro atoms. The highest BCUT2D eigenvalue weighted by Crippen LogP contribution is 2.40. The van der Waals surface area contributed by atoms with E-state index in [9.17, 15) is 5.26 Å². The zero-order chi connectivity index (χ0) is 19.6. The van der Waals surface area contributed by atoms with Gasteiger partial charge in [0.25, 0.3) is 0 Å². The van der Waals surface area contributed by atoms with E-state index >= 15 is 0 Å². The van der Waals surface area contributed by atoms with Crippen LogP contribution in [0.3, 0.4) is 0 Å². The number of nitriles is 1. The molecule has 1 aliphatic rings. The number of H-pyrrole nitrogens is 1. The third-order valence-corrected chi connectivity index (χ3v) is 4.65. The van der Waals surface area contributed by atoms with Crippen LogP contribution in [0, 0.1) is 11.3 Å². The highest BCUT2D eigenvalue weighted by atomic mass is 16.5. The molecule has 2 N–H and O–H groups in total. The quantitative estimate of drug-likeness (QED) is 0.511. The van der Waals surface area contributed by atoms with Crippen LogP contribution in [0.25, 0.3) is 11.3 Å². The molecule has 1 saturated carbocycles.